The molecule has 3 atom stereocenters. The quantitative estimate of drug-likeness (QED) is 0.811. The third-order valence-electron chi connectivity index (χ3n) is 5.39. The van der Waals surface area contributed by atoms with E-state index in [1.165, 1.54) is 17.5 Å². The van der Waals surface area contributed by atoms with Crippen LogP contribution in [0.4, 0.5) is 0 Å². The second-order valence-corrected chi connectivity index (χ2v) is 6.96. The van der Waals surface area contributed by atoms with E-state index in [1.807, 2.05) is 24.5 Å². The zero-order valence-corrected chi connectivity index (χ0v) is 14.6. The summed E-state index contributed by atoms with van der Waals surface area (Å²) < 4.78 is 12.3. The maximum atomic E-state index is 6.19. The first kappa shape index (κ1) is 16.7. The van der Waals surface area contributed by atoms with Crippen LogP contribution >= 0.6 is 0 Å². The molecule has 1 saturated heterocycles. The standard InChI is InChI=1S/C21H26N2O2/c1-2-4-17(5-3-1)10-13-23-14-15-24-21-19(23)6-7-20(21)25-16-18-8-11-22-12-9-18/h1-5,8-9,11-12,19-21H,6-7,10,13-16H2/t19-,20-,21+/m0/s1. The van der Waals surface area contributed by atoms with Crippen LogP contribution in [0.1, 0.15) is 24.0 Å². The van der Waals surface area contributed by atoms with Crippen LogP contribution in [0.3, 0.4) is 0 Å². The van der Waals surface area contributed by atoms with Crippen LogP contribution in [0.2, 0.25) is 0 Å². The van der Waals surface area contributed by atoms with Crippen LogP contribution in [-0.4, -0.2) is 47.8 Å². The van der Waals surface area contributed by atoms with Crippen molar-refractivity contribution in [2.45, 2.75) is 44.1 Å². The van der Waals surface area contributed by atoms with Crippen LogP contribution in [0, 0.1) is 0 Å². The maximum Gasteiger partial charge on any atom is 0.0992 e. The molecule has 0 amide bonds. The van der Waals surface area contributed by atoms with Gasteiger partial charge in [-0.05, 0) is 42.5 Å². The van der Waals surface area contributed by atoms with Gasteiger partial charge in [-0.1, -0.05) is 30.3 Å². The highest BCUT2D eigenvalue weighted by atomic mass is 16.5. The zero-order valence-electron chi connectivity index (χ0n) is 14.6. The van der Waals surface area contributed by atoms with Gasteiger partial charge in [0.1, 0.15) is 0 Å². The Hall–Kier alpha value is -1.75. The van der Waals surface area contributed by atoms with Gasteiger partial charge in [0.15, 0.2) is 0 Å². The average Bonchev–Trinajstić information content (AvgIpc) is 3.10. The summed E-state index contributed by atoms with van der Waals surface area (Å²) in [7, 11) is 0. The van der Waals surface area contributed by atoms with Crippen molar-refractivity contribution in [3.63, 3.8) is 0 Å². The highest BCUT2D eigenvalue weighted by molar-refractivity contribution is 5.15. The average molecular weight is 338 g/mol. The molecule has 4 nitrogen and oxygen atoms in total. The summed E-state index contributed by atoms with van der Waals surface area (Å²) in [5.41, 5.74) is 2.59. The van der Waals surface area contributed by atoms with Gasteiger partial charge in [-0.25, -0.2) is 0 Å². The predicted octanol–water partition coefficient (Wildman–Crippen LogP) is 3.07. The first-order valence-electron chi connectivity index (χ1n) is 9.30. The van der Waals surface area contributed by atoms with Crippen molar-refractivity contribution < 1.29 is 9.47 Å². The van der Waals surface area contributed by atoms with Crippen LogP contribution in [0.5, 0.6) is 0 Å². The van der Waals surface area contributed by atoms with Gasteiger partial charge in [-0.2, -0.15) is 0 Å². The van der Waals surface area contributed by atoms with E-state index in [0.717, 1.165) is 32.5 Å². The van der Waals surface area contributed by atoms with Gasteiger partial charge in [0.2, 0.25) is 0 Å². The summed E-state index contributed by atoms with van der Waals surface area (Å²) in [5, 5.41) is 0. The fourth-order valence-electron chi connectivity index (χ4n) is 4.05. The van der Waals surface area contributed by atoms with Crippen molar-refractivity contribution in [1.82, 2.24) is 9.88 Å². The van der Waals surface area contributed by atoms with E-state index in [0.29, 0.717) is 12.6 Å². The molecule has 1 aromatic carbocycles. The summed E-state index contributed by atoms with van der Waals surface area (Å²) in [6, 6.07) is 15.3. The first-order valence-corrected chi connectivity index (χ1v) is 9.30. The Kier molecular flexibility index (Phi) is 5.40. The van der Waals surface area contributed by atoms with E-state index >= 15 is 0 Å². The van der Waals surface area contributed by atoms with Gasteiger partial charge in [0.05, 0.1) is 25.4 Å². The van der Waals surface area contributed by atoms with E-state index in [4.69, 9.17) is 9.47 Å². The molecule has 1 aromatic heterocycles. The number of nitrogens with zero attached hydrogens (tertiary/aromatic N) is 2. The van der Waals surface area contributed by atoms with Gasteiger partial charge in [-0.15, -0.1) is 0 Å². The Bertz CT molecular complexity index is 649. The van der Waals surface area contributed by atoms with Gasteiger partial charge in [0.25, 0.3) is 0 Å². The maximum absolute atomic E-state index is 6.19. The van der Waals surface area contributed by atoms with Crippen molar-refractivity contribution in [3.8, 4) is 0 Å². The monoisotopic (exact) mass is 338 g/mol. The third kappa shape index (κ3) is 4.09. The Labute approximate surface area is 149 Å². The topological polar surface area (TPSA) is 34.6 Å². The van der Waals surface area contributed by atoms with Gasteiger partial charge >= 0.3 is 0 Å². The number of hydrogen-bond donors (Lipinski definition) is 0. The molecule has 132 valence electrons. The molecule has 0 radical (unpaired) electrons. The van der Waals surface area contributed by atoms with Crippen molar-refractivity contribution in [3.05, 3.63) is 66.0 Å². The van der Waals surface area contributed by atoms with Gasteiger partial charge < -0.3 is 9.47 Å². The largest absolute Gasteiger partial charge is 0.373 e. The van der Waals surface area contributed by atoms with Crippen molar-refractivity contribution in [1.29, 1.82) is 0 Å². The number of morpholine rings is 1. The Morgan fingerprint density at radius 2 is 1.88 bits per heavy atom. The molecular weight excluding hydrogens is 312 g/mol. The molecule has 2 aliphatic rings. The van der Waals surface area contributed by atoms with Gasteiger partial charge in [0, 0.05) is 31.5 Å². The zero-order chi connectivity index (χ0) is 16.9. The molecular formula is C21H26N2O2. The van der Waals surface area contributed by atoms with Crippen molar-refractivity contribution >= 4 is 0 Å². The number of benzene rings is 1. The van der Waals surface area contributed by atoms with E-state index < -0.39 is 0 Å². The molecule has 0 spiro atoms. The number of hydrogen-bond acceptors (Lipinski definition) is 4. The second-order valence-electron chi connectivity index (χ2n) is 6.96. The SMILES string of the molecule is c1ccc(CCN2CCO[C@H]3[C@@H](OCc4ccncc4)CC[C@@H]32)cc1. The van der Waals surface area contributed by atoms with Gasteiger partial charge in [-0.3, -0.25) is 9.88 Å². The van der Waals surface area contributed by atoms with Crippen LogP contribution in [-0.2, 0) is 22.5 Å². The minimum atomic E-state index is 0.206. The molecule has 2 fully saturated rings. The molecule has 1 aliphatic carbocycles. The molecule has 1 saturated carbocycles. The summed E-state index contributed by atoms with van der Waals surface area (Å²) in [6.07, 6.45) is 7.41. The first-order chi connectivity index (χ1) is 12.4. The number of aromatic nitrogens is 1. The van der Waals surface area contributed by atoms with E-state index in [9.17, 15) is 0 Å². The fraction of sp³-hybridized carbons (Fsp3) is 0.476. The molecule has 2 aromatic rings. The fourth-order valence-corrected chi connectivity index (χ4v) is 4.05. The predicted molar refractivity (Wildman–Crippen MR) is 97.3 cm³/mol. The smallest absolute Gasteiger partial charge is 0.0992 e. The molecule has 1 aliphatic heterocycles. The normalized spacial score (nSPS) is 26.5. The number of fused-ring (bicyclic) bond motifs is 1. The lowest BCUT2D eigenvalue weighted by molar-refractivity contribution is -0.116. The number of ether oxygens (including phenoxy) is 2. The Morgan fingerprint density at radius 3 is 2.72 bits per heavy atom. The molecule has 0 N–H and O–H groups in total. The van der Waals surface area contributed by atoms with E-state index in [-0.39, 0.29) is 12.2 Å². The molecule has 25 heavy (non-hydrogen) atoms. The summed E-state index contributed by atoms with van der Waals surface area (Å²) >= 11 is 0. The minimum Gasteiger partial charge on any atom is -0.373 e. The lowest BCUT2D eigenvalue weighted by atomic mass is 10.1. The van der Waals surface area contributed by atoms with Crippen LogP contribution in [0.25, 0.3) is 0 Å². The van der Waals surface area contributed by atoms with Crippen LogP contribution < -0.4 is 0 Å². The third-order valence-corrected chi connectivity index (χ3v) is 5.39. The highest BCUT2D eigenvalue weighted by Gasteiger charge is 2.43. The summed E-state index contributed by atoms with van der Waals surface area (Å²) in [5.74, 6) is 0. The van der Waals surface area contributed by atoms with Crippen LogP contribution in [0.15, 0.2) is 54.9 Å². The highest BCUT2D eigenvalue weighted by Crippen LogP contribution is 2.32. The lowest BCUT2D eigenvalue weighted by Crippen LogP contribution is -2.52. The molecule has 4 rings (SSSR count). The molecule has 0 unspecified atom stereocenters. The second kappa shape index (κ2) is 8.09. The number of rotatable bonds is 6. The minimum absolute atomic E-state index is 0.206. The molecule has 0 bridgehead atoms. The molecule has 2 heterocycles. The van der Waals surface area contributed by atoms with Crippen molar-refractivity contribution in [2.24, 2.45) is 0 Å². The van der Waals surface area contributed by atoms with E-state index in [2.05, 4.69) is 40.2 Å². The Morgan fingerprint density at radius 1 is 1.04 bits per heavy atom. The summed E-state index contributed by atoms with van der Waals surface area (Å²) in [4.78, 5) is 6.67. The van der Waals surface area contributed by atoms with Crippen molar-refractivity contribution in [2.75, 3.05) is 19.7 Å². The number of pyridine rings is 1. The molecule has 4 heteroatoms. The Balaban J connectivity index is 1.32. The summed E-state index contributed by atoms with van der Waals surface area (Å²) in [6.45, 7) is 3.59. The lowest BCUT2D eigenvalue weighted by Gasteiger charge is -2.39. The van der Waals surface area contributed by atoms with E-state index in [1.54, 1.807) is 0 Å².